The van der Waals surface area contributed by atoms with Crippen molar-refractivity contribution in [2.75, 3.05) is 23.2 Å². The number of fused-ring (bicyclic) bond motifs is 1. The van der Waals surface area contributed by atoms with E-state index in [9.17, 15) is 17.6 Å². The fourth-order valence-corrected chi connectivity index (χ4v) is 7.73. The lowest BCUT2D eigenvalue weighted by atomic mass is 9.77. The molecule has 1 aliphatic carbocycles. The van der Waals surface area contributed by atoms with Gasteiger partial charge in [-0.25, -0.2) is 12.8 Å². The van der Waals surface area contributed by atoms with Gasteiger partial charge >= 0.3 is 7.12 Å². The Labute approximate surface area is 294 Å². The van der Waals surface area contributed by atoms with Crippen molar-refractivity contribution in [3.63, 3.8) is 0 Å². The molecule has 0 radical (unpaired) electrons. The molecule has 6 rings (SSSR count). The summed E-state index contributed by atoms with van der Waals surface area (Å²) in [6.45, 7) is 10.4. The lowest BCUT2D eigenvalue weighted by Gasteiger charge is -2.32. The number of carbonyl (C=O) groups excluding carboxylic acids is 1. The van der Waals surface area contributed by atoms with Crippen LogP contribution < -0.4 is 10.0 Å². The average Bonchev–Trinajstić information content (AvgIpc) is 3.80. The summed E-state index contributed by atoms with van der Waals surface area (Å²) in [6, 6.07) is 19.4. The number of ether oxygens (including phenoxy) is 1. The van der Waals surface area contributed by atoms with E-state index in [4.69, 9.17) is 24.2 Å². The van der Waals surface area contributed by atoms with Crippen LogP contribution in [0.2, 0.25) is 6.32 Å². The van der Waals surface area contributed by atoms with Crippen molar-refractivity contribution in [2.24, 2.45) is 11.7 Å². The molecule has 2 heterocycles. The Morgan fingerprint density at radius 1 is 1.02 bits per heavy atom. The molecule has 1 aliphatic heterocycles. The lowest BCUT2D eigenvalue weighted by molar-refractivity contribution is 0.00578. The number of benzene rings is 3. The Hall–Kier alpha value is -3.71. The normalized spacial score (nSPS) is 17.7. The van der Waals surface area contributed by atoms with Crippen molar-refractivity contribution in [3.8, 4) is 0 Å². The molecule has 0 spiro atoms. The highest BCUT2D eigenvalue weighted by atomic mass is 32.2. The van der Waals surface area contributed by atoms with Crippen molar-refractivity contribution < 1.29 is 36.1 Å². The first kappa shape index (κ1) is 36.1. The Balaban J connectivity index is 1.38. The van der Waals surface area contributed by atoms with Crippen LogP contribution in [-0.4, -0.2) is 51.5 Å². The third-order valence-electron chi connectivity index (χ3n) is 10.1. The van der Waals surface area contributed by atoms with Gasteiger partial charge in [0.2, 0.25) is 10.0 Å². The summed E-state index contributed by atoms with van der Waals surface area (Å²) >= 11 is 0. The van der Waals surface area contributed by atoms with Gasteiger partial charge in [0.1, 0.15) is 17.2 Å². The molecule has 12 heteroatoms. The predicted molar refractivity (Wildman–Crippen MR) is 193 cm³/mol. The van der Waals surface area contributed by atoms with Crippen LogP contribution in [0.25, 0.3) is 11.0 Å². The summed E-state index contributed by atoms with van der Waals surface area (Å²) in [4.78, 5) is 12.8. The molecule has 2 fully saturated rings. The van der Waals surface area contributed by atoms with Crippen LogP contribution >= 0.6 is 0 Å². The van der Waals surface area contributed by atoms with Crippen LogP contribution in [0.5, 0.6) is 0 Å². The van der Waals surface area contributed by atoms with Crippen LogP contribution in [-0.2, 0) is 37.1 Å². The molecule has 1 atom stereocenters. The molecule has 9 nitrogen and oxygen atoms in total. The van der Waals surface area contributed by atoms with Crippen LogP contribution in [0, 0.1) is 11.7 Å². The Bertz CT molecular complexity index is 1930. The Kier molecular flexibility index (Phi) is 10.2. The van der Waals surface area contributed by atoms with Gasteiger partial charge in [-0.3, -0.25) is 9.10 Å². The number of anilines is 1. The van der Waals surface area contributed by atoms with Crippen molar-refractivity contribution in [2.45, 2.75) is 83.9 Å². The summed E-state index contributed by atoms with van der Waals surface area (Å²) < 4.78 is 68.4. The average molecular weight is 705 g/mol. The van der Waals surface area contributed by atoms with Crippen molar-refractivity contribution >= 4 is 39.7 Å². The summed E-state index contributed by atoms with van der Waals surface area (Å²) in [5.41, 5.74) is 8.51. The van der Waals surface area contributed by atoms with Gasteiger partial charge in [-0.15, -0.1) is 0 Å². The van der Waals surface area contributed by atoms with Crippen LogP contribution in [0.3, 0.4) is 0 Å². The van der Waals surface area contributed by atoms with Crippen molar-refractivity contribution in [1.82, 2.24) is 0 Å². The van der Waals surface area contributed by atoms with Gasteiger partial charge in [0.05, 0.1) is 41.4 Å². The topological polar surface area (TPSA) is 121 Å². The number of nitrogens with zero attached hydrogens (tertiary/aromatic N) is 1. The SMILES string of the molecule is CCS(=O)(=O)N(CC(COCc1ccccc1)CB1OC(C)(C)C(C)(C)O1)c1cc2oc(Cc3ccc(F)cc3)c(C(N)=O)c2cc1C1CC1. The molecule has 1 saturated carbocycles. The van der Waals surface area contributed by atoms with Crippen molar-refractivity contribution in [1.29, 1.82) is 0 Å². The zero-order valence-electron chi connectivity index (χ0n) is 29.4. The molecule has 50 heavy (non-hydrogen) atoms. The fraction of sp³-hybridized carbons (Fsp3) is 0.447. The van der Waals surface area contributed by atoms with E-state index in [2.05, 4.69) is 0 Å². The quantitative estimate of drug-likeness (QED) is 0.130. The summed E-state index contributed by atoms with van der Waals surface area (Å²) in [6.07, 6.45) is 2.41. The first-order valence-electron chi connectivity index (χ1n) is 17.3. The third kappa shape index (κ3) is 7.78. The van der Waals surface area contributed by atoms with E-state index < -0.39 is 34.3 Å². The van der Waals surface area contributed by atoms with Gasteiger partial charge in [-0.05, 0) is 101 Å². The highest BCUT2D eigenvalue weighted by Gasteiger charge is 2.51. The number of sulfonamides is 1. The largest absolute Gasteiger partial charge is 0.460 e. The Morgan fingerprint density at radius 3 is 2.28 bits per heavy atom. The molecule has 4 aromatic rings. The minimum absolute atomic E-state index is 0.117. The number of primary amides is 1. The van der Waals surface area contributed by atoms with E-state index in [-0.39, 0.29) is 48.5 Å². The van der Waals surface area contributed by atoms with Crippen LogP contribution in [0.4, 0.5) is 10.1 Å². The zero-order valence-corrected chi connectivity index (χ0v) is 30.2. The number of halogens is 1. The van der Waals surface area contributed by atoms with E-state index in [1.165, 1.54) is 16.4 Å². The van der Waals surface area contributed by atoms with E-state index in [0.29, 0.717) is 35.3 Å². The maximum Gasteiger partial charge on any atom is 0.458 e. The zero-order chi connectivity index (χ0) is 35.8. The third-order valence-corrected chi connectivity index (χ3v) is 11.9. The summed E-state index contributed by atoms with van der Waals surface area (Å²) in [7, 11) is -4.36. The van der Waals surface area contributed by atoms with Gasteiger partial charge in [-0.1, -0.05) is 42.5 Å². The number of carbonyl (C=O) groups is 1. The molecule has 266 valence electrons. The number of hydrogen-bond acceptors (Lipinski definition) is 7. The second-order valence-corrected chi connectivity index (χ2v) is 16.7. The fourth-order valence-electron chi connectivity index (χ4n) is 6.52. The molecule has 1 aromatic heterocycles. The van der Waals surface area contributed by atoms with Gasteiger partial charge < -0.3 is 24.2 Å². The first-order chi connectivity index (χ1) is 23.7. The molecule has 1 unspecified atom stereocenters. The lowest BCUT2D eigenvalue weighted by Crippen LogP contribution is -2.41. The maximum atomic E-state index is 14.0. The minimum Gasteiger partial charge on any atom is -0.460 e. The maximum absolute atomic E-state index is 14.0. The standard InChI is InChI=1S/C38H46BFN2O7S/c1-6-50(44,45)42(22-27(24-46-23-26-10-8-7-9-11-26)21-39-48-37(2,3)38(4,5)49-39)32-20-33-31(19-30(32)28-14-15-28)35(36(41)43)34(47-33)18-25-12-16-29(40)17-13-25/h7-13,16-17,19-20,27-28H,6,14-15,18,21-24H2,1-5H3,(H2,41,43). The number of hydrogen-bond donors (Lipinski definition) is 1. The molecular weight excluding hydrogens is 658 g/mol. The van der Waals surface area contributed by atoms with E-state index in [1.807, 2.05) is 64.1 Å². The molecular formula is C38H46BFN2O7S. The highest BCUT2D eigenvalue weighted by molar-refractivity contribution is 7.92. The van der Waals surface area contributed by atoms with Gasteiger partial charge in [0, 0.05) is 24.4 Å². The second-order valence-electron chi connectivity index (χ2n) is 14.5. The van der Waals surface area contributed by atoms with Gasteiger partial charge in [-0.2, -0.15) is 0 Å². The van der Waals surface area contributed by atoms with Crippen LogP contribution in [0.1, 0.15) is 86.2 Å². The summed E-state index contributed by atoms with van der Waals surface area (Å²) in [5.74, 6) is -0.974. The smallest absolute Gasteiger partial charge is 0.458 e. The molecule has 2 N–H and O–H groups in total. The molecule has 0 bridgehead atoms. The van der Waals surface area contributed by atoms with Gasteiger partial charge in [0.25, 0.3) is 5.91 Å². The van der Waals surface area contributed by atoms with E-state index in [0.717, 1.165) is 29.5 Å². The number of furan rings is 1. The molecule has 1 amide bonds. The second kappa shape index (κ2) is 14.1. The predicted octanol–water partition coefficient (Wildman–Crippen LogP) is 7.22. The van der Waals surface area contributed by atoms with E-state index in [1.54, 1.807) is 25.1 Å². The van der Waals surface area contributed by atoms with Crippen LogP contribution in [0.15, 0.2) is 71.1 Å². The molecule has 1 saturated heterocycles. The highest BCUT2D eigenvalue weighted by Crippen LogP contribution is 2.48. The first-order valence-corrected chi connectivity index (χ1v) is 18.9. The Morgan fingerprint density at radius 2 is 1.68 bits per heavy atom. The van der Waals surface area contributed by atoms with E-state index >= 15 is 0 Å². The molecule has 3 aromatic carbocycles. The van der Waals surface area contributed by atoms with Crippen molar-refractivity contribution in [3.05, 3.63) is 101 Å². The number of rotatable bonds is 15. The monoisotopic (exact) mass is 704 g/mol. The number of amides is 1. The molecule has 2 aliphatic rings. The summed E-state index contributed by atoms with van der Waals surface area (Å²) in [5, 5.41) is 0.536. The minimum atomic E-state index is -3.81. The number of nitrogens with two attached hydrogens (primary N) is 1. The van der Waals surface area contributed by atoms with Gasteiger partial charge in [0.15, 0.2) is 0 Å².